The van der Waals surface area contributed by atoms with Crippen molar-refractivity contribution in [1.29, 1.82) is 0 Å². The van der Waals surface area contributed by atoms with Gasteiger partial charge in [-0.15, -0.1) is 0 Å². The Morgan fingerprint density at radius 3 is 2.53 bits per heavy atom. The van der Waals surface area contributed by atoms with Crippen LogP contribution >= 0.6 is 11.5 Å². The minimum absolute atomic E-state index is 0.0720. The Hall–Kier alpha value is -2.41. The molecule has 1 N–H and O–H groups in total. The first-order chi connectivity index (χ1) is 17.6. The minimum atomic E-state index is 0.0720. The fourth-order valence-electron chi connectivity index (χ4n) is 5.21. The maximum Gasteiger partial charge on any atom is 0.340 e. The summed E-state index contributed by atoms with van der Waals surface area (Å²) in [6, 6.07) is 8.73. The fraction of sp³-hybridized carbons (Fsp3) is 0.621. The van der Waals surface area contributed by atoms with Gasteiger partial charge in [0.05, 0.1) is 5.52 Å². The average Bonchev–Trinajstić information content (AvgIpc) is 3.21. The number of fused-ring (bicyclic) bond motifs is 2. The molecule has 7 heteroatoms. The van der Waals surface area contributed by atoms with Gasteiger partial charge < -0.3 is 5.32 Å². The van der Waals surface area contributed by atoms with Crippen LogP contribution in [0.5, 0.6) is 0 Å². The topological polar surface area (TPSA) is 64.2 Å². The lowest BCUT2D eigenvalue weighted by molar-refractivity contribution is 0.536. The summed E-state index contributed by atoms with van der Waals surface area (Å²) in [5, 5.41) is 5.07. The van der Waals surface area contributed by atoms with Crippen LogP contribution in [0.1, 0.15) is 95.9 Å². The molecule has 4 rings (SSSR count). The highest BCUT2D eigenvalue weighted by Crippen LogP contribution is 2.33. The molecule has 6 nitrogen and oxygen atoms in total. The standard InChI is InChI=1S/C29H43N5OS/c1-4-33-29(35)34(22(2)3)28(36-33)31-21-15-9-7-5-6-8-14-20-30-27-23-16-10-12-18-25(23)32-26-19-13-11-17-24(26)27/h10,12,16,18,22H,4-9,11,13-15,17,19-21H2,1-3H3,(H,30,32)/b31-28+. The van der Waals surface area contributed by atoms with Crippen molar-refractivity contribution < 1.29 is 0 Å². The summed E-state index contributed by atoms with van der Waals surface area (Å²) in [5.41, 5.74) is 5.32. The molecule has 0 atom stereocenters. The van der Waals surface area contributed by atoms with Crippen LogP contribution in [-0.2, 0) is 19.4 Å². The quantitative estimate of drug-likeness (QED) is 0.268. The Labute approximate surface area is 219 Å². The number of pyridine rings is 1. The maximum absolute atomic E-state index is 12.4. The lowest BCUT2D eigenvalue weighted by atomic mass is 9.92. The van der Waals surface area contributed by atoms with E-state index < -0.39 is 0 Å². The summed E-state index contributed by atoms with van der Waals surface area (Å²) < 4.78 is 3.62. The monoisotopic (exact) mass is 509 g/mol. The molecule has 36 heavy (non-hydrogen) atoms. The molecule has 0 aliphatic heterocycles. The van der Waals surface area contributed by atoms with E-state index in [0.29, 0.717) is 6.54 Å². The Kier molecular flexibility index (Phi) is 9.79. The number of aromatic nitrogens is 3. The van der Waals surface area contributed by atoms with Crippen LogP contribution in [0.25, 0.3) is 10.9 Å². The van der Waals surface area contributed by atoms with Gasteiger partial charge in [0.2, 0.25) is 4.80 Å². The second-order valence-electron chi connectivity index (χ2n) is 10.2. The molecule has 3 aromatic rings. The van der Waals surface area contributed by atoms with Gasteiger partial charge in [-0.3, -0.25) is 14.5 Å². The maximum atomic E-state index is 12.4. The Morgan fingerprint density at radius 2 is 1.75 bits per heavy atom. The van der Waals surface area contributed by atoms with Gasteiger partial charge in [0.15, 0.2) is 0 Å². The average molecular weight is 510 g/mol. The molecular weight excluding hydrogens is 466 g/mol. The third-order valence-corrected chi connectivity index (χ3v) is 8.30. The first-order valence-corrected chi connectivity index (χ1v) is 14.8. The van der Waals surface area contributed by atoms with E-state index in [-0.39, 0.29) is 11.7 Å². The van der Waals surface area contributed by atoms with Gasteiger partial charge in [-0.1, -0.05) is 50.3 Å². The van der Waals surface area contributed by atoms with Crippen molar-refractivity contribution >= 4 is 28.1 Å². The number of hydrogen-bond donors (Lipinski definition) is 1. The molecule has 1 aromatic carbocycles. The molecule has 0 bridgehead atoms. The van der Waals surface area contributed by atoms with E-state index in [0.717, 1.165) is 42.7 Å². The van der Waals surface area contributed by atoms with Crippen LogP contribution in [-0.4, -0.2) is 26.6 Å². The number of para-hydroxylation sites is 1. The van der Waals surface area contributed by atoms with E-state index >= 15 is 0 Å². The molecule has 0 radical (unpaired) electrons. The summed E-state index contributed by atoms with van der Waals surface area (Å²) in [6.45, 7) is 8.67. The van der Waals surface area contributed by atoms with Gasteiger partial charge in [-0.05, 0) is 82.5 Å². The predicted octanol–water partition coefficient (Wildman–Crippen LogP) is 6.48. The van der Waals surface area contributed by atoms with Crippen LogP contribution < -0.4 is 15.8 Å². The molecule has 1 aliphatic carbocycles. The minimum Gasteiger partial charge on any atom is -0.384 e. The molecule has 2 heterocycles. The van der Waals surface area contributed by atoms with Crippen molar-refractivity contribution in [2.24, 2.45) is 4.99 Å². The summed E-state index contributed by atoms with van der Waals surface area (Å²) >= 11 is 1.49. The van der Waals surface area contributed by atoms with Gasteiger partial charge >= 0.3 is 5.69 Å². The van der Waals surface area contributed by atoms with Gasteiger partial charge in [0, 0.05) is 42.4 Å². The second-order valence-corrected chi connectivity index (χ2v) is 11.2. The Morgan fingerprint density at radius 1 is 1.03 bits per heavy atom. The third-order valence-electron chi connectivity index (χ3n) is 7.17. The largest absolute Gasteiger partial charge is 0.384 e. The highest BCUT2D eigenvalue weighted by atomic mass is 32.1. The SMILES string of the molecule is CCn1s/c(=N/CCCCCCCCCNc2c3c(nc4ccccc24)CCCC3)n(C(C)C)c1=O. The van der Waals surface area contributed by atoms with Gasteiger partial charge in [0.25, 0.3) is 0 Å². The van der Waals surface area contributed by atoms with Crippen molar-refractivity contribution in [2.75, 3.05) is 18.4 Å². The zero-order chi connectivity index (χ0) is 25.3. The van der Waals surface area contributed by atoms with Crippen molar-refractivity contribution in [3.05, 3.63) is 50.8 Å². The molecule has 196 valence electrons. The summed E-state index contributed by atoms with van der Waals surface area (Å²) in [5.74, 6) is 0. The summed E-state index contributed by atoms with van der Waals surface area (Å²) in [4.78, 5) is 23.0. The molecule has 0 saturated heterocycles. The van der Waals surface area contributed by atoms with E-state index in [1.807, 2.05) is 11.5 Å². The lowest BCUT2D eigenvalue weighted by Gasteiger charge is -2.21. The van der Waals surface area contributed by atoms with E-state index in [2.05, 4.69) is 43.4 Å². The Balaban J connectivity index is 1.15. The summed E-state index contributed by atoms with van der Waals surface area (Å²) in [6.07, 6.45) is 13.5. The van der Waals surface area contributed by atoms with Crippen molar-refractivity contribution in [3.8, 4) is 0 Å². The van der Waals surface area contributed by atoms with E-state index in [9.17, 15) is 4.79 Å². The van der Waals surface area contributed by atoms with Crippen molar-refractivity contribution in [1.82, 2.24) is 13.5 Å². The number of unbranched alkanes of at least 4 members (excludes halogenated alkanes) is 6. The normalized spacial score (nSPS) is 14.1. The van der Waals surface area contributed by atoms with Crippen molar-refractivity contribution in [3.63, 3.8) is 0 Å². The molecule has 0 saturated carbocycles. The third kappa shape index (κ3) is 6.47. The van der Waals surface area contributed by atoms with Crippen LogP contribution in [0, 0.1) is 0 Å². The summed E-state index contributed by atoms with van der Waals surface area (Å²) in [7, 11) is 0. The number of aryl methyl sites for hydroxylation is 2. The highest BCUT2D eigenvalue weighted by molar-refractivity contribution is 7.03. The van der Waals surface area contributed by atoms with Crippen LogP contribution in [0.3, 0.4) is 0 Å². The van der Waals surface area contributed by atoms with E-state index in [4.69, 9.17) is 9.98 Å². The number of benzene rings is 1. The van der Waals surface area contributed by atoms with E-state index in [1.54, 1.807) is 3.96 Å². The van der Waals surface area contributed by atoms with Crippen molar-refractivity contribution in [2.45, 2.75) is 104 Å². The van der Waals surface area contributed by atoms with Gasteiger partial charge in [-0.2, -0.15) is 0 Å². The first kappa shape index (κ1) is 26.6. The molecule has 2 aromatic heterocycles. The zero-order valence-electron chi connectivity index (χ0n) is 22.4. The predicted molar refractivity (Wildman–Crippen MR) is 152 cm³/mol. The molecule has 1 aliphatic rings. The van der Waals surface area contributed by atoms with Crippen LogP contribution in [0.4, 0.5) is 5.69 Å². The van der Waals surface area contributed by atoms with Gasteiger partial charge in [0.1, 0.15) is 0 Å². The van der Waals surface area contributed by atoms with Crippen LogP contribution in [0.2, 0.25) is 0 Å². The first-order valence-electron chi connectivity index (χ1n) is 14.1. The van der Waals surface area contributed by atoms with E-state index in [1.165, 1.54) is 85.2 Å². The zero-order valence-corrected chi connectivity index (χ0v) is 23.2. The second kappa shape index (κ2) is 13.2. The number of rotatable bonds is 13. The number of nitrogens with zero attached hydrogens (tertiary/aromatic N) is 4. The number of hydrogen-bond acceptors (Lipinski definition) is 5. The lowest BCUT2D eigenvalue weighted by Crippen LogP contribution is -2.31. The molecular formula is C29H43N5OS. The molecule has 0 fully saturated rings. The Bertz CT molecular complexity index is 1250. The smallest absolute Gasteiger partial charge is 0.340 e. The number of anilines is 1. The van der Waals surface area contributed by atoms with Crippen LogP contribution in [0.15, 0.2) is 34.1 Å². The van der Waals surface area contributed by atoms with Gasteiger partial charge in [-0.25, -0.2) is 8.75 Å². The number of nitrogens with one attached hydrogen (secondary N) is 1. The fourth-order valence-corrected chi connectivity index (χ4v) is 6.23. The highest BCUT2D eigenvalue weighted by Gasteiger charge is 2.17. The molecule has 0 spiro atoms. The molecule has 0 unspecified atom stereocenters. The molecule has 0 amide bonds.